The lowest BCUT2D eigenvalue weighted by atomic mass is 10.00. The molecule has 42 heavy (non-hydrogen) atoms. The highest BCUT2D eigenvalue weighted by atomic mass is 19.1. The molecule has 220 valence electrons. The van der Waals surface area contributed by atoms with Crippen LogP contribution in [0.1, 0.15) is 35.6 Å². The van der Waals surface area contributed by atoms with Gasteiger partial charge in [-0.3, -0.25) is 14.7 Å². The van der Waals surface area contributed by atoms with Gasteiger partial charge in [-0.25, -0.2) is 9.18 Å². The normalized spacial score (nSPS) is 13.4. The molecular weight excluding hydrogens is 539 g/mol. The summed E-state index contributed by atoms with van der Waals surface area (Å²) < 4.78 is 25.6. The highest BCUT2D eigenvalue weighted by Gasteiger charge is 2.27. The average Bonchev–Trinajstić information content (AvgIpc) is 3.21. The van der Waals surface area contributed by atoms with E-state index in [4.69, 9.17) is 9.47 Å². The van der Waals surface area contributed by atoms with Gasteiger partial charge in [-0.2, -0.15) is 0 Å². The number of methoxy groups -OCH3 is 2. The minimum Gasteiger partial charge on any atom is -0.494 e. The van der Waals surface area contributed by atoms with Crippen molar-refractivity contribution in [1.29, 1.82) is 0 Å². The van der Waals surface area contributed by atoms with Crippen molar-refractivity contribution in [2.75, 3.05) is 46.3 Å². The van der Waals surface area contributed by atoms with E-state index < -0.39 is 11.9 Å². The van der Waals surface area contributed by atoms with Crippen LogP contribution in [0.15, 0.2) is 60.4 Å². The van der Waals surface area contributed by atoms with Crippen LogP contribution in [0, 0.1) is 5.82 Å². The van der Waals surface area contributed by atoms with Gasteiger partial charge in [0.15, 0.2) is 0 Å². The van der Waals surface area contributed by atoms with Gasteiger partial charge in [0.1, 0.15) is 23.0 Å². The van der Waals surface area contributed by atoms with E-state index in [1.807, 2.05) is 38.1 Å². The third-order valence-electron chi connectivity index (χ3n) is 7.09. The molecule has 9 nitrogen and oxygen atoms in total. The van der Waals surface area contributed by atoms with Crippen molar-refractivity contribution in [3.63, 3.8) is 0 Å². The number of nitrogens with one attached hydrogen (secondary N) is 1. The topological polar surface area (TPSA) is 104 Å². The van der Waals surface area contributed by atoms with E-state index in [0.717, 1.165) is 27.8 Å². The fourth-order valence-electron chi connectivity index (χ4n) is 4.94. The number of likely N-dealkylation sites (N-methyl/N-ethyl adjacent to an activating group) is 1. The molecule has 2 aromatic carbocycles. The number of anilines is 1. The van der Waals surface area contributed by atoms with Crippen molar-refractivity contribution < 1.29 is 28.6 Å². The van der Waals surface area contributed by atoms with Gasteiger partial charge < -0.3 is 24.8 Å². The SMILES string of the molecule is COc1cc(/C=C2/C(C)=C(CC(=O)NCc3cccnc3)c3cc(F)ccc32)cc(OC)c1N(CCN(C)C)C(=O)O. The number of carbonyl (C=O) groups excluding carboxylic acids is 1. The highest BCUT2D eigenvalue weighted by molar-refractivity contribution is 6.08. The van der Waals surface area contributed by atoms with Gasteiger partial charge in [0.05, 0.1) is 20.6 Å². The molecule has 0 saturated carbocycles. The molecule has 0 spiro atoms. The standard InChI is InChI=1S/C32H35FN4O5/c1-20-25(13-22-14-28(41-4)31(29(15-22)42-5)37(32(39)40)12-11-36(2)3)24-9-8-23(33)16-27(24)26(20)17-30(38)35-19-21-7-6-10-34-18-21/h6-10,13-16,18H,11-12,17,19H2,1-5H3,(H,35,38)(H,39,40)/b25-13-. The van der Waals surface area contributed by atoms with E-state index in [1.165, 1.54) is 31.3 Å². The van der Waals surface area contributed by atoms with Crippen molar-refractivity contribution >= 4 is 34.9 Å². The van der Waals surface area contributed by atoms with E-state index in [1.54, 1.807) is 36.7 Å². The Labute approximate surface area is 244 Å². The molecule has 1 heterocycles. The van der Waals surface area contributed by atoms with Crippen LogP contribution in [-0.2, 0) is 11.3 Å². The highest BCUT2D eigenvalue weighted by Crippen LogP contribution is 2.45. The number of hydrogen-bond acceptors (Lipinski definition) is 6. The number of ether oxygens (including phenoxy) is 2. The second-order valence-electron chi connectivity index (χ2n) is 10.2. The smallest absolute Gasteiger partial charge is 0.412 e. The number of allylic oxidation sites excluding steroid dienone is 2. The van der Waals surface area contributed by atoms with Gasteiger partial charge in [-0.05, 0) is 96.4 Å². The molecule has 0 unspecified atom stereocenters. The Kier molecular flexibility index (Phi) is 9.59. The first kappa shape index (κ1) is 30.3. The molecule has 2 amide bonds. The zero-order valence-corrected chi connectivity index (χ0v) is 24.4. The van der Waals surface area contributed by atoms with Gasteiger partial charge in [-0.1, -0.05) is 12.1 Å². The van der Waals surface area contributed by atoms with E-state index in [0.29, 0.717) is 41.4 Å². The molecule has 10 heteroatoms. The summed E-state index contributed by atoms with van der Waals surface area (Å²) in [6.07, 6.45) is 4.22. The predicted octanol–water partition coefficient (Wildman–Crippen LogP) is 5.32. The monoisotopic (exact) mass is 574 g/mol. The third kappa shape index (κ3) is 6.77. The number of pyridine rings is 1. The molecule has 1 aromatic heterocycles. The Balaban J connectivity index is 1.72. The van der Waals surface area contributed by atoms with Crippen LogP contribution in [-0.4, -0.2) is 68.4 Å². The van der Waals surface area contributed by atoms with Crippen LogP contribution in [0.2, 0.25) is 0 Å². The number of halogens is 1. The Hall–Kier alpha value is -4.70. The van der Waals surface area contributed by atoms with Crippen LogP contribution >= 0.6 is 0 Å². The van der Waals surface area contributed by atoms with Crippen molar-refractivity contribution in [3.8, 4) is 11.5 Å². The minimum absolute atomic E-state index is 0.0743. The molecule has 0 fully saturated rings. The molecule has 0 atom stereocenters. The summed E-state index contributed by atoms with van der Waals surface area (Å²) in [6.45, 7) is 2.96. The molecular formula is C32H35FN4O5. The number of aromatic nitrogens is 1. The van der Waals surface area contributed by atoms with Crippen LogP contribution in [0.5, 0.6) is 11.5 Å². The molecule has 1 aliphatic rings. The second-order valence-corrected chi connectivity index (χ2v) is 10.2. The van der Waals surface area contributed by atoms with Crippen molar-refractivity contribution in [1.82, 2.24) is 15.2 Å². The molecule has 0 saturated heterocycles. The summed E-state index contributed by atoms with van der Waals surface area (Å²) in [5.41, 5.74) is 5.73. The zero-order chi connectivity index (χ0) is 30.4. The number of rotatable bonds is 11. The largest absolute Gasteiger partial charge is 0.494 e. The first-order valence-electron chi connectivity index (χ1n) is 13.4. The van der Waals surface area contributed by atoms with Gasteiger partial charge in [0.2, 0.25) is 5.91 Å². The second kappa shape index (κ2) is 13.3. The fourth-order valence-corrected chi connectivity index (χ4v) is 4.94. The number of carboxylic acid groups (broad SMARTS) is 1. The summed E-state index contributed by atoms with van der Waals surface area (Å²) in [6, 6.07) is 11.7. The molecule has 0 bridgehead atoms. The summed E-state index contributed by atoms with van der Waals surface area (Å²) in [5, 5.41) is 12.9. The quantitative estimate of drug-likeness (QED) is 0.320. The summed E-state index contributed by atoms with van der Waals surface area (Å²) in [7, 11) is 6.68. The average molecular weight is 575 g/mol. The molecule has 4 rings (SSSR count). The van der Waals surface area contributed by atoms with Crippen LogP contribution in [0.25, 0.3) is 17.2 Å². The molecule has 0 aliphatic heterocycles. The summed E-state index contributed by atoms with van der Waals surface area (Å²) >= 11 is 0. The lowest BCUT2D eigenvalue weighted by Crippen LogP contribution is -2.36. The molecule has 0 radical (unpaired) electrons. The number of fused-ring (bicyclic) bond motifs is 1. The third-order valence-corrected chi connectivity index (χ3v) is 7.09. The molecule has 1 aliphatic carbocycles. The van der Waals surface area contributed by atoms with Gasteiger partial charge in [-0.15, -0.1) is 0 Å². The summed E-state index contributed by atoms with van der Waals surface area (Å²) in [5.74, 6) is 0.0757. The maximum Gasteiger partial charge on any atom is 0.412 e. The van der Waals surface area contributed by atoms with Crippen molar-refractivity contribution in [2.24, 2.45) is 0 Å². The first-order valence-corrected chi connectivity index (χ1v) is 13.4. The van der Waals surface area contributed by atoms with Gasteiger partial charge in [0.25, 0.3) is 0 Å². The molecule has 2 N–H and O–H groups in total. The van der Waals surface area contributed by atoms with E-state index in [2.05, 4.69) is 10.3 Å². The fraction of sp³-hybridized carbons (Fsp3) is 0.281. The first-order chi connectivity index (χ1) is 20.1. The zero-order valence-electron chi connectivity index (χ0n) is 24.4. The number of nitrogens with zero attached hydrogens (tertiary/aromatic N) is 3. The van der Waals surface area contributed by atoms with E-state index in [9.17, 15) is 19.1 Å². The van der Waals surface area contributed by atoms with Crippen molar-refractivity contribution in [2.45, 2.75) is 19.9 Å². The number of carbonyl (C=O) groups is 2. The van der Waals surface area contributed by atoms with Crippen LogP contribution in [0.4, 0.5) is 14.9 Å². The predicted molar refractivity (Wildman–Crippen MR) is 161 cm³/mol. The Morgan fingerprint density at radius 1 is 1.05 bits per heavy atom. The van der Waals surface area contributed by atoms with Gasteiger partial charge >= 0.3 is 6.09 Å². The van der Waals surface area contributed by atoms with Gasteiger partial charge in [0, 0.05) is 32.0 Å². The van der Waals surface area contributed by atoms with E-state index >= 15 is 0 Å². The number of amides is 2. The summed E-state index contributed by atoms with van der Waals surface area (Å²) in [4.78, 5) is 32.3. The number of benzene rings is 2. The molecule has 3 aromatic rings. The van der Waals surface area contributed by atoms with Crippen LogP contribution < -0.4 is 19.7 Å². The minimum atomic E-state index is -1.13. The Morgan fingerprint density at radius 3 is 2.36 bits per heavy atom. The Morgan fingerprint density at radius 2 is 1.76 bits per heavy atom. The Bertz CT molecular complexity index is 1510. The number of hydrogen-bond donors (Lipinski definition) is 2. The maximum absolute atomic E-state index is 14.4. The lowest BCUT2D eigenvalue weighted by molar-refractivity contribution is -0.120. The van der Waals surface area contributed by atoms with E-state index in [-0.39, 0.29) is 18.9 Å². The maximum atomic E-state index is 14.4. The lowest BCUT2D eigenvalue weighted by Gasteiger charge is -2.25. The van der Waals surface area contributed by atoms with Crippen molar-refractivity contribution in [3.05, 3.63) is 88.5 Å². The van der Waals surface area contributed by atoms with Crippen LogP contribution in [0.3, 0.4) is 0 Å².